The van der Waals surface area contributed by atoms with Crippen LogP contribution >= 0.6 is 12.4 Å². The number of carbonyl (C=O) groups excluding carboxylic acids is 1. The number of hydrogen-bond acceptors (Lipinski definition) is 2. The van der Waals surface area contributed by atoms with Gasteiger partial charge in [0.1, 0.15) is 12.0 Å². The van der Waals surface area contributed by atoms with Gasteiger partial charge in [0.05, 0.1) is 12.1 Å². The summed E-state index contributed by atoms with van der Waals surface area (Å²) in [5.74, 6) is -0.688. The summed E-state index contributed by atoms with van der Waals surface area (Å²) in [6.45, 7) is 5.05. The molecule has 3 nitrogen and oxygen atoms in total. The Balaban J connectivity index is 0.00000256. The normalized spacial score (nSPS) is 24.8. The largest absolute Gasteiger partial charge is 0.346 e. The lowest BCUT2D eigenvalue weighted by Crippen LogP contribution is -2.44. The highest BCUT2D eigenvalue weighted by atomic mass is 35.5. The van der Waals surface area contributed by atoms with Crippen molar-refractivity contribution in [3.8, 4) is 0 Å². The van der Waals surface area contributed by atoms with E-state index in [0.29, 0.717) is 5.57 Å². The first kappa shape index (κ1) is 16.3. The van der Waals surface area contributed by atoms with Crippen LogP contribution in [0.5, 0.6) is 0 Å². The van der Waals surface area contributed by atoms with Crippen molar-refractivity contribution >= 4 is 18.3 Å². The van der Waals surface area contributed by atoms with Crippen LogP contribution in [0.15, 0.2) is 11.4 Å². The third kappa shape index (κ3) is 4.60. The van der Waals surface area contributed by atoms with Gasteiger partial charge in [-0.05, 0) is 26.3 Å². The Morgan fingerprint density at radius 2 is 2.06 bits per heavy atom. The molecule has 0 radical (unpaired) electrons. The van der Waals surface area contributed by atoms with E-state index < -0.39 is 18.3 Å². The van der Waals surface area contributed by atoms with E-state index in [9.17, 15) is 13.6 Å². The van der Waals surface area contributed by atoms with E-state index in [-0.39, 0.29) is 37.1 Å². The topological polar surface area (TPSA) is 41.1 Å². The van der Waals surface area contributed by atoms with Crippen molar-refractivity contribution in [2.75, 3.05) is 6.54 Å². The Morgan fingerprint density at radius 3 is 2.47 bits per heavy atom. The molecule has 1 heterocycles. The maximum absolute atomic E-state index is 13.4. The molecule has 0 bridgehead atoms. The van der Waals surface area contributed by atoms with Gasteiger partial charge < -0.3 is 10.6 Å². The lowest BCUT2D eigenvalue weighted by Gasteiger charge is -2.16. The molecule has 1 amide bonds. The maximum Gasteiger partial charge on any atom is 0.237 e. The van der Waals surface area contributed by atoms with Gasteiger partial charge in [-0.15, -0.1) is 12.4 Å². The highest BCUT2D eigenvalue weighted by molar-refractivity contribution is 5.85. The smallest absolute Gasteiger partial charge is 0.237 e. The molecule has 1 saturated heterocycles. The number of carbonyl (C=O) groups is 1. The van der Waals surface area contributed by atoms with Gasteiger partial charge in [0.2, 0.25) is 5.91 Å². The van der Waals surface area contributed by atoms with Gasteiger partial charge in [-0.25, -0.2) is 8.78 Å². The Kier molecular flexibility index (Phi) is 6.64. The molecule has 1 rings (SSSR count). The molecule has 3 atom stereocenters. The monoisotopic (exact) mass is 268 g/mol. The van der Waals surface area contributed by atoms with Crippen LogP contribution in [-0.2, 0) is 4.79 Å². The summed E-state index contributed by atoms with van der Waals surface area (Å²) in [4.78, 5) is 11.6. The average molecular weight is 269 g/mol. The minimum absolute atomic E-state index is 0. The number of alkyl halides is 1. The van der Waals surface area contributed by atoms with Crippen LogP contribution in [0.1, 0.15) is 27.2 Å². The third-order valence-electron chi connectivity index (χ3n) is 2.61. The average Bonchev–Trinajstić information content (AvgIpc) is 2.63. The van der Waals surface area contributed by atoms with Crippen LogP contribution in [0.3, 0.4) is 0 Å². The van der Waals surface area contributed by atoms with Crippen LogP contribution in [-0.4, -0.2) is 30.7 Å². The van der Waals surface area contributed by atoms with Gasteiger partial charge in [-0.1, -0.05) is 0 Å². The van der Waals surface area contributed by atoms with Crippen molar-refractivity contribution in [2.24, 2.45) is 0 Å². The molecule has 6 heteroatoms. The fraction of sp³-hybridized carbons (Fsp3) is 0.727. The number of amides is 1. The van der Waals surface area contributed by atoms with Crippen LogP contribution < -0.4 is 10.6 Å². The molecule has 0 spiro atoms. The van der Waals surface area contributed by atoms with Gasteiger partial charge in [-0.2, -0.15) is 0 Å². The van der Waals surface area contributed by atoms with Crippen molar-refractivity contribution in [1.82, 2.24) is 10.6 Å². The van der Waals surface area contributed by atoms with Gasteiger partial charge >= 0.3 is 0 Å². The first-order valence-electron chi connectivity index (χ1n) is 5.42. The minimum atomic E-state index is -0.987. The summed E-state index contributed by atoms with van der Waals surface area (Å²) in [5.41, 5.74) is 0.538. The number of allylic oxidation sites excluding steroid dienone is 1. The Hall–Kier alpha value is -0.680. The zero-order chi connectivity index (χ0) is 12.3. The van der Waals surface area contributed by atoms with Crippen molar-refractivity contribution in [3.05, 3.63) is 11.4 Å². The fourth-order valence-corrected chi connectivity index (χ4v) is 1.70. The quantitative estimate of drug-likeness (QED) is 0.821. The van der Waals surface area contributed by atoms with Crippen molar-refractivity contribution in [1.29, 1.82) is 0 Å². The first-order chi connectivity index (χ1) is 7.41. The predicted octanol–water partition coefficient (Wildman–Crippen LogP) is 1.88. The summed E-state index contributed by atoms with van der Waals surface area (Å²) >= 11 is 0. The molecule has 1 aliphatic rings. The van der Waals surface area contributed by atoms with Gasteiger partial charge in [0.15, 0.2) is 0 Å². The minimum Gasteiger partial charge on any atom is -0.346 e. The summed E-state index contributed by atoms with van der Waals surface area (Å²) in [6.07, 6.45) is -0.825. The van der Waals surface area contributed by atoms with Crippen molar-refractivity contribution < 1.29 is 13.6 Å². The Bertz CT molecular complexity index is 306. The molecule has 1 fully saturated rings. The first-order valence-corrected chi connectivity index (χ1v) is 5.42. The maximum atomic E-state index is 13.4. The zero-order valence-electron chi connectivity index (χ0n) is 10.2. The molecule has 0 aliphatic carbocycles. The van der Waals surface area contributed by atoms with E-state index in [1.54, 1.807) is 20.8 Å². The Morgan fingerprint density at radius 1 is 1.47 bits per heavy atom. The highest BCUT2D eigenvalue weighted by Crippen LogP contribution is 2.13. The summed E-state index contributed by atoms with van der Waals surface area (Å²) in [7, 11) is 0. The van der Waals surface area contributed by atoms with Gasteiger partial charge in [0, 0.05) is 13.0 Å². The van der Waals surface area contributed by atoms with Gasteiger partial charge in [0.25, 0.3) is 0 Å². The third-order valence-corrected chi connectivity index (χ3v) is 2.61. The van der Waals surface area contributed by atoms with Crippen molar-refractivity contribution in [2.45, 2.75) is 45.4 Å². The standard InChI is InChI=1S/C11H18F2N2O.ClH/c1-6(2)10(13)7(3)15-11(16)9-4-8(12)5-14-9;/h7-9,14H,4-5H2,1-3H3,(H,15,16);1H/t7-,8-,9+;/m1./s1. The van der Waals surface area contributed by atoms with E-state index in [0.717, 1.165) is 0 Å². The molecule has 0 aromatic carbocycles. The molecule has 17 heavy (non-hydrogen) atoms. The predicted molar refractivity (Wildman–Crippen MR) is 65.6 cm³/mol. The highest BCUT2D eigenvalue weighted by Gasteiger charge is 2.30. The van der Waals surface area contributed by atoms with Crippen LogP contribution in [0.4, 0.5) is 8.78 Å². The second-order valence-corrected chi connectivity index (χ2v) is 4.37. The molecular weight excluding hydrogens is 250 g/mol. The second-order valence-electron chi connectivity index (χ2n) is 4.37. The van der Waals surface area contributed by atoms with E-state index in [1.807, 2.05) is 0 Å². The van der Waals surface area contributed by atoms with Crippen LogP contribution in [0.2, 0.25) is 0 Å². The van der Waals surface area contributed by atoms with Crippen LogP contribution in [0, 0.1) is 0 Å². The molecular formula is C11H19ClF2N2O. The number of halogens is 3. The molecule has 0 saturated carbocycles. The number of hydrogen-bond donors (Lipinski definition) is 2. The van der Waals surface area contributed by atoms with Crippen molar-refractivity contribution in [3.63, 3.8) is 0 Å². The lowest BCUT2D eigenvalue weighted by atomic mass is 10.1. The number of rotatable bonds is 3. The van der Waals surface area contributed by atoms with E-state index in [4.69, 9.17) is 0 Å². The number of nitrogens with one attached hydrogen (secondary N) is 2. The molecule has 0 aromatic heterocycles. The zero-order valence-corrected chi connectivity index (χ0v) is 11.0. The summed E-state index contributed by atoms with van der Waals surface area (Å²) in [5, 5.41) is 5.28. The summed E-state index contributed by atoms with van der Waals surface area (Å²) in [6, 6.07) is -1.19. The molecule has 0 unspecified atom stereocenters. The van der Waals surface area contributed by atoms with E-state index >= 15 is 0 Å². The van der Waals surface area contributed by atoms with Crippen LogP contribution in [0.25, 0.3) is 0 Å². The molecule has 2 N–H and O–H groups in total. The fourth-order valence-electron chi connectivity index (χ4n) is 1.70. The van der Waals surface area contributed by atoms with E-state index in [2.05, 4.69) is 10.6 Å². The summed E-state index contributed by atoms with van der Waals surface area (Å²) < 4.78 is 26.2. The molecule has 0 aromatic rings. The van der Waals surface area contributed by atoms with E-state index in [1.165, 1.54) is 0 Å². The SMILES string of the molecule is CC(C)=C(F)[C@@H](C)NC(=O)[C@@H]1C[C@@H](F)CN1.Cl. The van der Waals surface area contributed by atoms with Gasteiger partial charge in [-0.3, -0.25) is 4.79 Å². The molecule has 100 valence electrons. The second kappa shape index (κ2) is 6.91. The molecule has 1 aliphatic heterocycles. The Labute approximate surface area is 106 Å². The lowest BCUT2D eigenvalue weighted by molar-refractivity contribution is -0.123.